The molecule has 2 rings (SSSR count). The van der Waals surface area contributed by atoms with Crippen LogP contribution in [0.5, 0.6) is 0 Å². The van der Waals surface area contributed by atoms with Gasteiger partial charge in [0, 0.05) is 15.6 Å². The van der Waals surface area contributed by atoms with Crippen LogP contribution in [0.3, 0.4) is 0 Å². The molecule has 0 saturated heterocycles. The lowest BCUT2D eigenvalue weighted by molar-refractivity contribution is 0.0426. The standard InChI is InChI=1S/C17H18BrFO/c1-3-11-17(2,20)15-14(18)10-9-13(16(15)19)12-7-5-4-6-8-12/h4-10,20H,3,11H2,1-2H3. The number of aliphatic hydroxyl groups is 1. The number of hydrogen-bond acceptors (Lipinski definition) is 1. The molecule has 0 aromatic heterocycles. The van der Waals surface area contributed by atoms with Crippen molar-refractivity contribution in [3.8, 4) is 11.1 Å². The molecule has 0 amide bonds. The molecule has 1 N–H and O–H groups in total. The SMILES string of the molecule is CCCC(C)(O)c1c(Br)ccc(-c2ccccc2)c1F. The van der Waals surface area contributed by atoms with Crippen molar-refractivity contribution >= 4 is 15.9 Å². The molecule has 1 atom stereocenters. The van der Waals surface area contributed by atoms with Crippen molar-refractivity contribution in [1.82, 2.24) is 0 Å². The van der Waals surface area contributed by atoms with Crippen LogP contribution in [0.15, 0.2) is 46.9 Å². The van der Waals surface area contributed by atoms with E-state index in [2.05, 4.69) is 15.9 Å². The van der Waals surface area contributed by atoms with E-state index in [1.807, 2.05) is 37.3 Å². The van der Waals surface area contributed by atoms with Crippen LogP contribution in [0, 0.1) is 5.82 Å². The highest BCUT2D eigenvalue weighted by atomic mass is 79.9. The maximum atomic E-state index is 14.8. The van der Waals surface area contributed by atoms with Gasteiger partial charge in [-0.15, -0.1) is 0 Å². The Labute approximate surface area is 127 Å². The van der Waals surface area contributed by atoms with Gasteiger partial charge in [-0.25, -0.2) is 4.39 Å². The van der Waals surface area contributed by atoms with Gasteiger partial charge in [0.2, 0.25) is 0 Å². The Morgan fingerprint density at radius 2 is 1.80 bits per heavy atom. The number of benzene rings is 2. The Morgan fingerprint density at radius 3 is 2.40 bits per heavy atom. The molecule has 20 heavy (non-hydrogen) atoms. The third-order valence-electron chi connectivity index (χ3n) is 3.45. The fourth-order valence-electron chi connectivity index (χ4n) is 2.50. The molecule has 1 unspecified atom stereocenters. The van der Waals surface area contributed by atoms with E-state index in [1.54, 1.807) is 19.1 Å². The topological polar surface area (TPSA) is 20.2 Å². The lowest BCUT2D eigenvalue weighted by atomic mass is 9.88. The van der Waals surface area contributed by atoms with Crippen LogP contribution < -0.4 is 0 Å². The van der Waals surface area contributed by atoms with Gasteiger partial charge in [0.05, 0.1) is 5.60 Å². The molecule has 0 bridgehead atoms. The molecule has 0 spiro atoms. The van der Waals surface area contributed by atoms with Crippen LogP contribution in [0.4, 0.5) is 4.39 Å². The molecule has 0 radical (unpaired) electrons. The summed E-state index contributed by atoms with van der Waals surface area (Å²) in [6, 6.07) is 12.9. The van der Waals surface area contributed by atoms with E-state index >= 15 is 0 Å². The van der Waals surface area contributed by atoms with Crippen molar-refractivity contribution in [2.75, 3.05) is 0 Å². The zero-order chi connectivity index (χ0) is 14.8. The average molecular weight is 337 g/mol. The van der Waals surface area contributed by atoms with Gasteiger partial charge in [-0.3, -0.25) is 0 Å². The van der Waals surface area contributed by atoms with E-state index in [0.717, 1.165) is 12.0 Å². The highest BCUT2D eigenvalue weighted by Gasteiger charge is 2.29. The van der Waals surface area contributed by atoms with Gasteiger partial charge in [-0.05, 0) is 25.0 Å². The average Bonchev–Trinajstić information content (AvgIpc) is 2.39. The van der Waals surface area contributed by atoms with Crippen molar-refractivity contribution < 1.29 is 9.50 Å². The second-order valence-electron chi connectivity index (χ2n) is 5.17. The van der Waals surface area contributed by atoms with E-state index in [4.69, 9.17) is 0 Å². The molecule has 2 aromatic carbocycles. The lowest BCUT2D eigenvalue weighted by Gasteiger charge is -2.26. The molecular formula is C17H18BrFO. The summed E-state index contributed by atoms with van der Waals surface area (Å²) >= 11 is 3.36. The fourth-order valence-corrected chi connectivity index (χ4v) is 3.23. The first kappa shape index (κ1) is 15.2. The third-order valence-corrected chi connectivity index (χ3v) is 4.11. The molecule has 0 heterocycles. The van der Waals surface area contributed by atoms with Crippen LogP contribution in [-0.4, -0.2) is 5.11 Å². The van der Waals surface area contributed by atoms with Gasteiger partial charge in [-0.1, -0.05) is 65.7 Å². The van der Waals surface area contributed by atoms with E-state index in [1.165, 1.54) is 0 Å². The van der Waals surface area contributed by atoms with Gasteiger partial charge in [0.25, 0.3) is 0 Å². The molecular weight excluding hydrogens is 319 g/mol. The molecule has 0 fully saturated rings. The molecule has 2 aromatic rings. The smallest absolute Gasteiger partial charge is 0.138 e. The molecule has 1 nitrogen and oxygen atoms in total. The van der Waals surface area contributed by atoms with E-state index in [0.29, 0.717) is 22.0 Å². The first-order chi connectivity index (χ1) is 9.47. The van der Waals surface area contributed by atoms with Gasteiger partial charge in [0.15, 0.2) is 0 Å². The summed E-state index contributed by atoms with van der Waals surface area (Å²) in [5.74, 6) is -0.357. The van der Waals surface area contributed by atoms with Gasteiger partial charge >= 0.3 is 0 Å². The predicted octanol–water partition coefficient (Wildman–Crippen LogP) is 5.26. The van der Waals surface area contributed by atoms with Crippen molar-refractivity contribution in [3.63, 3.8) is 0 Å². The minimum atomic E-state index is -1.18. The Hall–Kier alpha value is -1.19. The maximum absolute atomic E-state index is 14.8. The van der Waals surface area contributed by atoms with Crippen LogP contribution in [0.2, 0.25) is 0 Å². The molecule has 3 heteroatoms. The van der Waals surface area contributed by atoms with Crippen LogP contribution in [0.25, 0.3) is 11.1 Å². The Kier molecular flexibility index (Phi) is 4.61. The summed E-state index contributed by atoms with van der Waals surface area (Å²) < 4.78 is 15.5. The van der Waals surface area contributed by atoms with E-state index < -0.39 is 5.60 Å². The first-order valence-corrected chi connectivity index (χ1v) is 7.53. The van der Waals surface area contributed by atoms with Crippen LogP contribution in [-0.2, 0) is 5.60 Å². The predicted molar refractivity (Wildman–Crippen MR) is 84.0 cm³/mol. The number of rotatable bonds is 4. The van der Waals surface area contributed by atoms with Crippen molar-refractivity contribution in [2.24, 2.45) is 0 Å². The Morgan fingerprint density at radius 1 is 1.15 bits per heavy atom. The monoisotopic (exact) mass is 336 g/mol. The molecule has 0 aliphatic heterocycles. The van der Waals surface area contributed by atoms with Crippen molar-refractivity contribution in [1.29, 1.82) is 0 Å². The van der Waals surface area contributed by atoms with Gasteiger partial charge in [-0.2, -0.15) is 0 Å². The summed E-state index contributed by atoms with van der Waals surface area (Å²) in [6.45, 7) is 3.63. The minimum absolute atomic E-state index is 0.334. The molecule has 0 aliphatic carbocycles. The fraction of sp³-hybridized carbons (Fsp3) is 0.294. The zero-order valence-electron chi connectivity index (χ0n) is 11.7. The Bertz CT molecular complexity index is 593. The zero-order valence-corrected chi connectivity index (χ0v) is 13.2. The second-order valence-corrected chi connectivity index (χ2v) is 6.03. The van der Waals surface area contributed by atoms with Gasteiger partial charge in [0.1, 0.15) is 5.82 Å². The summed E-state index contributed by atoms with van der Waals surface area (Å²) in [7, 11) is 0. The summed E-state index contributed by atoms with van der Waals surface area (Å²) in [4.78, 5) is 0. The first-order valence-electron chi connectivity index (χ1n) is 6.73. The largest absolute Gasteiger partial charge is 0.385 e. The summed E-state index contributed by atoms with van der Waals surface area (Å²) in [5, 5.41) is 10.5. The highest BCUT2D eigenvalue weighted by molar-refractivity contribution is 9.10. The van der Waals surface area contributed by atoms with Crippen LogP contribution >= 0.6 is 15.9 Å². The lowest BCUT2D eigenvalue weighted by Crippen LogP contribution is -2.23. The maximum Gasteiger partial charge on any atom is 0.138 e. The molecule has 0 aliphatic rings. The van der Waals surface area contributed by atoms with Crippen molar-refractivity contribution in [2.45, 2.75) is 32.3 Å². The summed E-state index contributed by atoms with van der Waals surface area (Å²) in [6.07, 6.45) is 1.30. The Balaban J connectivity index is 2.60. The minimum Gasteiger partial charge on any atom is -0.385 e. The second kappa shape index (κ2) is 6.06. The quantitative estimate of drug-likeness (QED) is 0.806. The number of halogens is 2. The van der Waals surface area contributed by atoms with Gasteiger partial charge < -0.3 is 5.11 Å². The molecule has 106 valence electrons. The van der Waals surface area contributed by atoms with Crippen molar-refractivity contribution in [3.05, 3.63) is 58.3 Å². The third kappa shape index (κ3) is 2.94. The van der Waals surface area contributed by atoms with E-state index in [-0.39, 0.29) is 5.82 Å². The normalized spacial score (nSPS) is 14.1. The highest BCUT2D eigenvalue weighted by Crippen LogP contribution is 2.38. The van der Waals surface area contributed by atoms with E-state index in [9.17, 15) is 9.50 Å². The molecule has 0 saturated carbocycles. The summed E-state index contributed by atoms with van der Waals surface area (Å²) in [5.41, 5.74) is 0.481. The number of hydrogen-bond donors (Lipinski definition) is 1. The van der Waals surface area contributed by atoms with Crippen LogP contribution in [0.1, 0.15) is 32.3 Å².